The van der Waals surface area contributed by atoms with Crippen molar-refractivity contribution in [1.82, 2.24) is 11.1 Å². The zero-order chi connectivity index (χ0) is 11.9. The molecule has 4 rings (SSSR count). The van der Waals surface area contributed by atoms with Crippen LogP contribution in [0.3, 0.4) is 0 Å². The van der Waals surface area contributed by atoms with Crippen molar-refractivity contribution in [3.63, 3.8) is 0 Å². The molecule has 2 heteroatoms. The summed E-state index contributed by atoms with van der Waals surface area (Å²) in [5.74, 6) is 0. The molecular weight excluding hydrogens is 232 g/mol. The Morgan fingerprint density at radius 3 is 1.53 bits per heavy atom. The molecule has 0 spiro atoms. The van der Waals surface area contributed by atoms with E-state index >= 15 is 0 Å². The minimum atomic E-state index is 0. The molecule has 0 bridgehead atoms. The molecule has 2 nitrogen and oxygen atoms in total. The minimum Gasteiger partial charge on any atom is -0.344 e. The van der Waals surface area contributed by atoms with Gasteiger partial charge in [-0.2, -0.15) is 0 Å². The third-order valence-corrected chi connectivity index (χ3v) is 3.50. The number of aromatic nitrogens is 1. The topological polar surface area (TPSA) is 47.9 Å². The first-order valence-corrected chi connectivity index (χ1v) is 6.09. The van der Waals surface area contributed by atoms with E-state index in [4.69, 9.17) is 0 Å². The monoisotopic (exact) mass is 246 g/mol. The highest BCUT2D eigenvalue weighted by atomic mass is 14.6. The molecule has 0 aliphatic carbocycles. The van der Waals surface area contributed by atoms with Crippen molar-refractivity contribution in [3.05, 3.63) is 66.9 Å². The smallest absolute Gasteiger partial charge is 0.0786 e. The third-order valence-electron chi connectivity index (χ3n) is 3.50. The zero-order valence-corrected chi connectivity index (χ0v) is 10.5. The van der Waals surface area contributed by atoms with Crippen LogP contribution in [0.25, 0.3) is 32.4 Å². The molecule has 0 saturated carbocycles. The van der Waals surface area contributed by atoms with E-state index in [-0.39, 0.29) is 6.15 Å². The van der Waals surface area contributed by atoms with Gasteiger partial charge in [0.15, 0.2) is 0 Å². The van der Waals surface area contributed by atoms with E-state index in [0.29, 0.717) is 0 Å². The first-order chi connectivity index (χ1) is 8.95. The summed E-state index contributed by atoms with van der Waals surface area (Å²) in [5, 5.41) is 6.31. The number of pyridine rings is 1. The Morgan fingerprint density at radius 1 is 0.526 bits per heavy atom. The molecule has 1 heterocycles. The Kier molecular flexibility index (Phi) is 2.65. The van der Waals surface area contributed by atoms with Crippen LogP contribution in [0.1, 0.15) is 0 Å². The molecule has 0 unspecified atom stereocenters. The van der Waals surface area contributed by atoms with Crippen LogP contribution >= 0.6 is 0 Å². The summed E-state index contributed by atoms with van der Waals surface area (Å²) in [7, 11) is 0. The van der Waals surface area contributed by atoms with E-state index in [2.05, 4.69) is 59.6 Å². The van der Waals surface area contributed by atoms with Gasteiger partial charge in [0.2, 0.25) is 0 Å². The van der Waals surface area contributed by atoms with Gasteiger partial charge < -0.3 is 6.15 Å². The first-order valence-electron chi connectivity index (χ1n) is 6.09. The van der Waals surface area contributed by atoms with Crippen LogP contribution in [-0.4, -0.2) is 4.98 Å². The third kappa shape index (κ3) is 1.58. The number of hydrogen-bond acceptors (Lipinski definition) is 2. The summed E-state index contributed by atoms with van der Waals surface area (Å²) in [6.45, 7) is 0. The molecule has 1 aromatic heterocycles. The Hall–Kier alpha value is -2.45. The van der Waals surface area contributed by atoms with Crippen molar-refractivity contribution in [2.45, 2.75) is 0 Å². The second-order valence-corrected chi connectivity index (χ2v) is 4.49. The minimum absolute atomic E-state index is 0. The van der Waals surface area contributed by atoms with Crippen molar-refractivity contribution in [2.75, 3.05) is 0 Å². The van der Waals surface area contributed by atoms with Gasteiger partial charge in [-0.25, -0.2) is 0 Å². The molecule has 0 aliphatic rings. The van der Waals surface area contributed by atoms with Crippen molar-refractivity contribution < 1.29 is 0 Å². The van der Waals surface area contributed by atoms with Crippen LogP contribution in [-0.2, 0) is 0 Å². The molecule has 0 aliphatic heterocycles. The van der Waals surface area contributed by atoms with Gasteiger partial charge in [0.1, 0.15) is 0 Å². The van der Waals surface area contributed by atoms with Crippen LogP contribution in [0.2, 0.25) is 0 Å². The zero-order valence-electron chi connectivity index (χ0n) is 10.5. The maximum absolute atomic E-state index is 4.56. The Balaban J connectivity index is 0.00000110. The normalized spacial score (nSPS) is 10.7. The van der Waals surface area contributed by atoms with Gasteiger partial charge in [-0.05, 0) is 22.2 Å². The second kappa shape index (κ2) is 4.34. The van der Waals surface area contributed by atoms with E-state index in [0.717, 1.165) is 5.52 Å². The summed E-state index contributed by atoms with van der Waals surface area (Å²) in [6, 6.07) is 21.2. The molecule has 4 aromatic rings. The maximum atomic E-state index is 4.56. The van der Waals surface area contributed by atoms with Gasteiger partial charge in [0.05, 0.1) is 5.52 Å². The van der Waals surface area contributed by atoms with E-state index in [1.807, 2.05) is 12.3 Å². The number of benzene rings is 3. The molecule has 3 N–H and O–H groups in total. The summed E-state index contributed by atoms with van der Waals surface area (Å²) < 4.78 is 0. The molecule has 0 saturated heterocycles. The quantitative estimate of drug-likeness (QED) is 0.457. The molecule has 0 amide bonds. The average molecular weight is 246 g/mol. The fraction of sp³-hybridized carbons (Fsp3) is 0. The van der Waals surface area contributed by atoms with Crippen LogP contribution in [0.5, 0.6) is 0 Å². The average Bonchev–Trinajstić information content (AvgIpc) is 2.48. The fourth-order valence-corrected chi connectivity index (χ4v) is 2.71. The molecule has 0 atom stereocenters. The molecular formula is C17H14N2. The highest BCUT2D eigenvalue weighted by Crippen LogP contribution is 2.33. The largest absolute Gasteiger partial charge is 0.344 e. The van der Waals surface area contributed by atoms with E-state index < -0.39 is 0 Å². The van der Waals surface area contributed by atoms with Gasteiger partial charge in [0.25, 0.3) is 0 Å². The van der Waals surface area contributed by atoms with Gasteiger partial charge >= 0.3 is 0 Å². The summed E-state index contributed by atoms with van der Waals surface area (Å²) in [6.07, 6.45) is 1.86. The van der Waals surface area contributed by atoms with E-state index in [1.54, 1.807) is 0 Å². The summed E-state index contributed by atoms with van der Waals surface area (Å²) >= 11 is 0. The molecule has 0 fully saturated rings. The predicted molar refractivity (Wildman–Crippen MR) is 81.8 cm³/mol. The lowest BCUT2D eigenvalue weighted by Crippen LogP contribution is -1.84. The lowest BCUT2D eigenvalue weighted by Gasteiger charge is -2.08. The van der Waals surface area contributed by atoms with Gasteiger partial charge in [0, 0.05) is 17.0 Å². The van der Waals surface area contributed by atoms with E-state index in [9.17, 15) is 0 Å². The Morgan fingerprint density at radius 2 is 0.947 bits per heavy atom. The molecule has 3 aromatic carbocycles. The van der Waals surface area contributed by atoms with Crippen LogP contribution < -0.4 is 6.15 Å². The van der Waals surface area contributed by atoms with Crippen molar-refractivity contribution in [3.8, 4) is 0 Å². The summed E-state index contributed by atoms with van der Waals surface area (Å²) in [5.41, 5.74) is 1.09. The van der Waals surface area contributed by atoms with Crippen LogP contribution in [0.4, 0.5) is 0 Å². The maximum Gasteiger partial charge on any atom is 0.0786 e. The number of fused-ring (bicyclic) bond motifs is 6. The highest BCUT2D eigenvalue weighted by molar-refractivity contribution is 6.23. The first kappa shape index (κ1) is 11.6. The Labute approximate surface area is 111 Å². The molecule has 92 valence electrons. The number of nitrogens with zero attached hydrogens (tertiary/aromatic N) is 1. The number of rotatable bonds is 0. The van der Waals surface area contributed by atoms with Crippen molar-refractivity contribution >= 4 is 32.4 Å². The van der Waals surface area contributed by atoms with Gasteiger partial charge in [-0.3, -0.25) is 4.98 Å². The van der Waals surface area contributed by atoms with Crippen LogP contribution in [0.15, 0.2) is 66.9 Å². The fourth-order valence-electron chi connectivity index (χ4n) is 2.71. The Bertz CT molecular complexity index is 661. The van der Waals surface area contributed by atoms with Crippen LogP contribution in [0, 0.1) is 0 Å². The summed E-state index contributed by atoms with van der Waals surface area (Å²) in [4.78, 5) is 4.56. The van der Waals surface area contributed by atoms with E-state index in [1.165, 1.54) is 26.9 Å². The SMILES string of the molecule is N.c1ccc2c(c1)c1ccccc1c1ncccc21. The van der Waals surface area contributed by atoms with Gasteiger partial charge in [-0.1, -0.05) is 54.6 Å². The lowest BCUT2D eigenvalue weighted by molar-refractivity contribution is 1.43. The molecule has 0 radical (unpaired) electrons. The lowest BCUT2D eigenvalue weighted by atomic mass is 9.97. The standard InChI is InChI=1S/C17H11N.H3N/c1-2-7-14-12(6-1)13-8-3-4-9-15(13)17-16(14)10-5-11-18-17;/h1-11H;1H3. The van der Waals surface area contributed by atoms with Crippen molar-refractivity contribution in [2.24, 2.45) is 0 Å². The number of hydrogen-bond donors (Lipinski definition) is 1. The molecule has 19 heavy (non-hydrogen) atoms. The predicted octanol–water partition coefficient (Wildman–Crippen LogP) is 4.70. The van der Waals surface area contributed by atoms with Crippen molar-refractivity contribution in [1.29, 1.82) is 0 Å². The second-order valence-electron chi connectivity index (χ2n) is 4.49. The van der Waals surface area contributed by atoms with Gasteiger partial charge in [-0.15, -0.1) is 0 Å². The highest BCUT2D eigenvalue weighted by Gasteiger charge is 2.07.